The molecule has 0 aliphatic heterocycles. The highest BCUT2D eigenvalue weighted by Crippen LogP contribution is 2.16. The third-order valence-corrected chi connectivity index (χ3v) is 2.69. The lowest BCUT2D eigenvalue weighted by atomic mass is 10.2. The summed E-state index contributed by atoms with van der Waals surface area (Å²) < 4.78 is 5.55. The lowest BCUT2D eigenvalue weighted by Gasteiger charge is -2.07. The number of hydrogen-bond acceptors (Lipinski definition) is 1. The maximum Gasteiger partial charge on any atom is 0.135 e. The van der Waals surface area contributed by atoms with Crippen molar-refractivity contribution in [1.29, 1.82) is 0 Å². The molecule has 16 heavy (non-hydrogen) atoms. The zero-order valence-electron chi connectivity index (χ0n) is 10.2. The topological polar surface area (TPSA) is 9.23 Å². The van der Waals surface area contributed by atoms with Crippen LogP contribution in [0.25, 0.3) is 0 Å². The largest absolute Gasteiger partial charge is 0.488 e. The van der Waals surface area contributed by atoms with E-state index in [9.17, 15) is 0 Å². The van der Waals surface area contributed by atoms with Gasteiger partial charge in [0.1, 0.15) is 20.4 Å². The molecule has 0 atom stereocenters. The van der Waals surface area contributed by atoms with Crippen LogP contribution in [0.15, 0.2) is 36.9 Å². The van der Waals surface area contributed by atoms with E-state index in [1.165, 1.54) is 0 Å². The molecule has 1 rings (SSSR count). The molecular weight excluding hydrogens is 212 g/mol. The first-order valence-electron chi connectivity index (χ1n) is 5.39. The zero-order valence-corrected chi connectivity index (χ0v) is 11.2. The number of para-hydroxylation sites is 1. The van der Waals surface area contributed by atoms with Crippen molar-refractivity contribution >= 4 is 8.07 Å². The molecule has 1 nitrogen and oxygen atoms in total. The molecule has 0 aromatic heterocycles. The minimum absolute atomic E-state index is 0.519. The fourth-order valence-electron chi connectivity index (χ4n) is 1.10. The van der Waals surface area contributed by atoms with Crippen LogP contribution in [0.4, 0.5) is 0 Å². The van der Waals surface area contributed by atoms with Gasteiger partial charge in [-0.3, -0.25) is 0 Å². The van der Waals surface area contributed by atoms with Gasteiger partial charge in [-0.15, -0.1) is 5.54 Å². The van der Waals surface area contributed by atoms with Crippen LogP contribution >= 0.6 is 0 Å². The van der Waals surface area contributed by atoms with E-state index in [1.54, 1.807) is 6.08 Å². The number of hydrogen-bond donors (Lipinski definition) is 0. The Morgan fingerprint density at radius 2 is 2.00 bits per heavy atom. The summed E-state index contributed by atoms with van der Waals surface area (Å²) in [6, 6.07) is 7.87. The quantitative estimate of drug-likeness (QED) is 0.439. The number of ether oxygens (including phenoxy) is 1. The van der Waals surface area contributed by atoms with Crippen molar-refractivity contribution in [3.8, 4) is 17.2 Å². The van der Waals surface area contributed by atoms with Crippen LogP contribution in [-0.2, 0) is 0 Å². The summed E-state index contributed by atoms with van der Waals surface area (Å²) in [6.07, 6.45) is 1.74. The molecule has 0 fully saturated rings. The summed E-state index contributed by atoms with van der Waals surface area (Å²) in [5.41, 5.74) is 4.30. The van der Waals surface area contributed by atoms with Gasteiger partial charge in [-0.25, -0.2) is 0 Å². The molecule has 0 aliphatic rings. The molecule has 1 aromatic rings. The van der Waals surface area contributed by atoms with Crippen LogP contribution in [0.3, 0.4) is 0 Å². The average molecular weight is 230 g/mol. The Hall–Kier alpha value is -1.46. The van der Waals surface area contributed by atoms with Gasteiger partial charge in [0.15, 0.2) is 0 Å². The lowest BCUT2D eigenvalue weighted by molar-refractivity contribution is 0.362. The van der Waals surface area contributed by atoms with Crippen molar-refractivity contribution in [2.75, 3.05) is 6.61 Å². The van der Waals surface area contributed by atoms with Gasteiger partial charge in [0.05, 0.1) is 5.56 Å². The Kier molecular flexibility index (Phi) is 4.39. The smallest absolute Gasteiger partial charge is 0.135 e. The SMILES string of the molecule is C=CCOc1ccccc1C#C[Si](C)(C)C. The minimum atomic E-state index is -1.33. The van der Waals surface area contributed by atoms with E-state index in [0.29, 0.717) is 6.61 Å². The van der Waals surface area contributed by atoms with Crippen molar-refractivity contribution in [3.05, 3.63) is 42.5 Å². The Morgan fingerprint density at radius 3 is 2.62 bits per heavy atom. The highest BCUT2D eigenvalue weighted by atomic mass is 28.3. The van der Waals surface area contributed by atoms with Gasteiger partial charge in [0.25, 0.3) is 0 Å². The number of rotatable bonds is 3. The fourth-order valence-corrected chi connectivity index (χ4v) is 1.61. The van der Waals surface area contributed by atoms with Gasteiger partial charge < -0.3 is 4.74 Å². The van der Waals surface area contributed by atoms with Crippen LogP contribution < -0.4 is 4.74 Å². The van der Waals surface area contributed by atoms with E-state index in [2.05, 4.69) is 37.7 Å². The van der Waals surface area contributed by atoms with E-state index in [-0.39, 0.29) is 0 Å². The standard InChI is InChI=1S/C14H18OSi/c1-5-11-15-14-9-7-6-8-13(14)10-12-16(2,3)4/h5-9H,1,11H2,2-4H3. The molecule has 0 saturated carbocycles. The minimum Gasteiger partial charge on any atom is -0.488 e. The van der Waals surface area contributed by atoms with Crippen molar-refractivity contribution in [1.82, 2.24) is 0 Å². The molecule has 0 unspecified atom stereocenters. The maximum atomic E-state index is 5.55. The maximum absolute atomic E-state index is 5.55. The summed E-state index contributed by atoms with van der Waals surface area (Å²) in [7, 11) is -1.33. The summed E-state index contributed by atoms with van der Waals surface area (Å²) in [5, 5.41) is 0. The Labute approximate surface area is 99.2 Å². The molecule has 0 radical (unpaired) electrons. The normalized spacial score (nSPS) is 10.2. The first-order chi connectivity index (χ1) is 7.53. The summed E-state index contributed by atoms with van der Waals surface area (Å²) in [4.78, 5) is 0. The van der Waals surface area contributed by atoms with Crippen LogP contribution in [0.2, 0.25) is 19.6 Å². The van der Waals surface area contributed by atoms with Crippen LogP contribution in [0, 0.1) is 11.5 Å². The van der Waals surface area contributed by atoms with Crippen molar-refractivity contribution in [2.24, 2.45) is 0 Å². The molecular formula is C14H18OSi. The third-order valence-electron chi connectivity index (χ3n) is 1.82. The van der Waals surface area contributed by atoms with Gasteiger partial charge in [0.2, 0.25) is 0 Å². The third kappa shape index (κ3) is 4.37. The van der Waals surface area contributed by atoms with Gasteiger partial charge in [-0.05, 0) is 12.1 Å². The van der Waals surface area contributed by atoms with E-state index in [0.717, 1.165) is 11.3 Å². The second-order valence-electron chi connectivity index (χ2n) is 4.60. The summed E-state index contributed by atoms with van der Waals surface area (Å²) in [5.74, 6) is 4.06. The Morgan fingerprint density at radius 1 is 1.31 bits per heavy atom. The Bertz CT molecular complexity index is 418. The van der Waals surface area contributed by atoms with Crippen LogP contribution in [0.5, 0.6) is 5.75 Å². The van der Waals surface area contributed by atoms with Crippen molar-refractivity contribution < 1.29 is 4.74 Å². The molecule has 0 saturated heterocycles. The predicted octanol–water partition coefficient (Wildman–Crippen LogP) is 3.48. The first-order valence-corrected chi connectivity index (χ1v) is 8.89. The van der Waals surface area contributed by atoms with Gasteiger partial charge >= 0.3 is 0 Å². The molecule has 2 heteroatoms. The highest BCUT2D eigenvalue weighted by Gasteiger charge is 2.08. The molecule has 84 valence electrons. The second kappa shape index (κ2) is 5.57. The van der Waals surface area contributed by atoms with E-state index < -0.39 is 8.07 Å². The summed E-state index contributed by atoms with van der Waals surface area (Å²) in [6.45, 7) is 10.8. The molecule has 0 bridgehead atoms. The van der Waals surface area contributed by atoms with E-state index in [4.69, 9.17) is 4.74 Å². The van der Waals surface area contributed by atoms with E-state index in [1.807, 2.05) is 24.3 Å². The first kappa shape index (κ1) is 12.6. The van der Waals surface area contributed by atoms with Gasteiger partial charge in [-0.1, -0.05) is 50.3 Å². The monoisotopic (exact) mass is 230 g/mol. The molecule has 0 heterocycles. The average Bonchev–Trinajstić information content (AvgIpc) is 2.23. The second-order valence-corrected chi connectivity index (χ2v) is 9.35. The van der Waals surface area contributed by atoms with E-state index >= 15 is 0 Å². The van der Waals surface area contributed by atoms with Crippen LogP contribution in [-0.4, -0.2) is 14.7 Å². The molecule has 0 spiro atoms. The van der Waals surface area contributed by atoms with Crippen molar-refractivity contribution in [3.63, 3.8) is 0 Å². The fraction of sp³-hybridized carbons (Fsp3) is 0.286. The summed E-state index contributed by atoms with van der Waals surface area (Å²) >= 11 is 0. The highest BCUT2D eigenvalue weighted by molar-refractivity contribution is 6.83. The molecule has 0 aliphatic carbocycles. The van der Waals surface area contributed by atoms with Gasteiger partial charge in [0, 0.05) is 0 Å². The van der Waals surface area contributed by atoms with Crippen LogP contribution in [0.1, 0.15) is 5.56 Å². The van der Waals surface area contributed by atoms with Gasteiger partial charge in [-0.2, -0.15) is 0 Å². The molecule has 0 amide bonds. The molecule has 1 aromatic carbocycles. The molecule has 0 N–H and O–H groups in total. The number of benzene rings is 1. The predicted molar refractivity (Wildman–Crippen MR) is 72.4 cm³/mol. The lowest BCUT2D eigenvalue weighted by Crippen LogP contribution is -2.16. The Balaban J connectivity index is 2.93. The van der Waals surface area contributed by atoms with Crippen molar-refractivity contribution in [2.45, 2.75) is 19.6 Å². The zero-order chi connectivity index (χ0) is 12.0.